The Morgan fingerprint density at radius 1 is 1.50 bits per heavy atom. The second-order valence-electron chi connectivity index (χ2n) is 4.74. The first-order valence-electron chi connectivity index (χ1n) is 6.70. The zero-order chi connectivity index (χ0) is 13.4. The van der Waals surface area contributed by atoms with Crippen molar-refractivity contribution in [1.82, 2.24) is 16.0 Å². The Balaban J connectivity index is 2.34. The number of hydrogen-bond donors (Lipinski definition) is 4. The highest BCUT2D eigenvalue weighted by Gasteiger charge is 2.21. The average Bonchev–Trinajstić information content (AvgIpc) is 2.84. The zero-order valence-corrected chi connectivity index (χ0v) is 11.0. The quantitative estimate of drug-likeness (QED) is 0.519. The van der Waals surface area contributed by atoms with Gasteiger partial charge < -0.3 is 21.7 Å². The maximum atomic E-state index is 11.9. The van der Waals surface area contributed by atoms with Gasteiger partial charge in [-0.3, -0.25) is 4.79 Å². The maximum absolute atomic E-state index is 11.9. The Morgan fingerprint density at radius 2 is 2.28 bits per heavy atom. The van der Waals surface area contributed by atoms with Crippen LogP contribution < -0.4 is 21.7 Å². The van der Waals surface area contributed by atoms with Gasteiger partial charge in [0.15, 0.2) is 0 Å². The summed E-state index contributed by atoms with van der Waals surface area (Å²) in [7, 11) is 0. The molecule has 1 fully saturated rings. The molecular formula is C12H24N4O2. The summed E-state index contributed by atoms with van der Waals surface area (Å²) in [5.41, 5.74) is 5.08. The van der Waals surface area contributed by atoms with E-state index in [9.17, 15) is 9.59 Å². The molecule has 6 heteroatoms. The van der Waals surface area contributed by atoms with E-state index in [0.717, 1.165) is 32.2 Å². The Kier molecular flexibility index (Phi) is 6.49. The summed E-state index contributed by atoms with van der Waals surface area (Å²) in [5.74, 6) is -0.143. The molecule has 2 unspecified atom stereocenters. The molecule has 0 aromatic carbocycles. The van der Waals surface area contributed by atoms with Crippen LogP contribution in [-0.2, 0) is 4.79 Å². The van der Waals surface area contributed by atoms with E-state index >= 15 is 0 Å². The van der Waals surface area contributed by atoms with Crippen LogP contribution in [0.15, 0.2) is 0 Å². The maximum Gasteiger partial charge on any atom is 0.312 e. The molecule has 1 aliphatic rings. The topological polar surface area (TPSA) is 96.2 Å². The Labute approximate surface area is 108 Å². The summed E-state index contributed by atoms with van der Waals surface area (Å²) in [6.45, 7) is 3.67. The first-order chi connectivity index (χ1) is 8.63. The summed E-state index contributed by atoms with van der Waals surface area (Å²) in [6.07, 6.45) is 4.74. The van der Waals surface area contributed by atoms with Gasteiger partial charge in [0.2, 0.25) is 5.91 Å². The van der Waals surface area contributed by atoms with E-state index in [1.807, 2.05) is 6.92 Å². The van der Waals surface area contributed by atoms with Crippen molar-refractivity contribution in [2.24, 2.45) is 5.73 Å². The lowest BCUT2D eigenvalue weighted by atomic mass is 10.1. The highest BCUT2D eigenvalue weighted by Crippen LogP contribution is 2.04. The average molecular weight is 256 g/mol. The minimum absolute atomic E-state index is 0.143. The smallest absolute Gasteiger partial charge is 0.312 e. The zero-order valence-electron chi connectivity index (χ0n) is 11.0. The van der Waals surface area contributed by atoms with Crippen LogP contribution in [0.3, 0.4) is 0 Å². The van der Waals surface area contributed by atoms with Crippen LogP contribution in [0.1, 0.15) is 39.0 Å². The first kappa shape index (κ1) is 14.8. The Hall–Kier alpha value is -1.30. The molecule has 0 aromatic rings. The highest BCUT2D eigenvalue weighted by molar-refractivity contribution is 5.86. The Morgan fingerprint density at radius 3 is 2.83 bits per heavy atom. The van der Waals surface area contributed by atoms with E-state index in [1.54, 1.807) is 0 Å². The van der Waals surface area contributed by atoms with E-state index < -0.39 is 12.1 Å². The molecule has 0 saturated carbocycles. The van der Waals surface area contributed by atoms with Crippen molar-refractivity contribution in [1.29, 1.82) is 0 Å². The van der Waals surface area contributed by atoms with Crippen LogP contribution in [-0.4, -0.2) is 37.1 Å². The van der Waals surface area contributed by atoms with Gasteiger partial charge in [-0.25, -0.2) is 4.79 Å². The minimum Gasteiger partial charge on any atom is -0.353 e. The number of carbonyl (C=O) groups excluding carboxylic acids is 2. The van der Waals surface area contributed by atoms with Gasteiger partial charge in [0.1, 0.15) is 6.04 Å². The largest absolute Gasteiger partial charge is 0.353 e. The molecule has 104 valence electrons. The SMILES string of the molecule is CCCCC(NC(N)=O)C(=O)NCC1CCCN1. The lowest BCUT2D eigenvalue weighted by Gasteiger charge is -2.18. The fourth-order valence-corrected chi connectivity index (χ4v) is 2.13. The number of nitrogens with two attached hydrogens (primary N) is 1. The third-order valence-electron chi connectivity index (χ3n) is 3.16. The number of amides is 3. The van der Waals surface area contributed by atoms with Crippen molar-refractivity contribution < 1.29 is 9.59 Å². The van der Waals surface area contributed by atoms with Crippen LogP contribution in [0.2, 0.25) is 0 Å². The van der Waals surface area contributed by atoms with Crippen molar-refractivity contribution in [3.05, 3.63) is 0 Å². The molecule has 0 bridgehead atoms. The molecule has 0 aliphatic carbocycles. The number of urea groups is 1. The van der Waals surface area contributed by atoms with Gasteiger partial charge in [0.05, 0.1) is 0 Å². The monoisotopic (exact) mass is 256 g/mol. The predicted octanol–water partition coefficient (Wildman–Crippen LogP) is 0.0817. The molecular weight excluding hydrogens is 232 g/mol. The second kappa shape index (κ2) is 7.92. The standard InChI is InChI=1S/C12H24N4O2/c1-2-3-6-10(16-12(13)18)11(17)15-8-9-5-4-7-14-9/h9-10,14H,2-8H2,1H3,(H,15,17)(H3,13,16,18). The summed E-state index contributed by atoms with van der Waals surface area (Å²) in [4.78, 5) is 22.8. The van der Waals surface area contributed by atoms with Gasteiger partial charge in [0.25, 0.3) is 0 Å². The summed E-state index contributed by atoms with van der Waals surface area (Å²) < 4.78 is 0. The number of hydrogen-bond acceptors (Lipinski definition) is 3. The minimum atomic E-state index is -0.648. The van der Waals surface area contributed by atoms with E-state index in [1.165, 1.54) is 0 Å². The van der Waals surface area contributed by atoms with Crippen LogP contribution >= 0.6 is 0 Å². The molecule has 3 amide bonds. The van der Waals surface area contributed by atoms with Gasteiger partial charge in [0, 0.05) is 12.6 Å². The number of carbonyl (C=O) groups is 2. The van der Waals surface area contributed by atoms with Crippen molar-refractivity contribution >= 4 is 11.9 Å². The fraction of sp³-hybridized carbons (Fsp3) is 0.833. The lowest BCUT2D eigenvalue weighted by molar-refractivity contribution is -0.123. The molecule has 0 aromatic heterocycles. The van der Waals surface area contributed by atoms with Gasteiger partial charge in [-0.1, -0.05) is 19.8 Å². The normalized spacial score (nSPS) is 20.4. The lowest BCUT2D eigenvalue weighted by Crippen LogP contribution is -2.50. The molecule has 1 heterocycles. The number of nitrogens with one attached hydrogen (secondary N) is 3. The van der Waals surface area contributed by atoms with Gasteiger partial charge in [-0.2, -0.15) is 0 Å². The van der Waals surface area contributed by atoms with E-state index in [2.05, 4.69) is 16.0 Å². The number of primary amides is 1. The highest BCUT2D eigenvalue weighted by atomic mass is 16.2. The van der Waals surface area contributed by atoms with Crippen LogP contribution in [0.4, 0.5) is 4.79 Å². The summed E-state index contributed by atoms with van der Waals surface area (Å²) in [5, 5.41) is 8.67. The fourth-order valence-electron chi connectivity index (χ4n) is 2.13. The van der Waals surface area contributed by atoms with Crippen LogP contribution in [0, 0.1) is 0 Å². The molecule has 2 atom stereocenters. The van der Waals surface area contributed by atoms with E-state index in [-0.39, 0.29) is 5.91 Å². The molecule has 18 heavy (non-hydrogen) atoms. The second-order valence-corrected chi connectivity index (χ2v) is 4.74. The summed E-state index contributed by atoms with van der Waals surface area (Å²) in [6, 6.07) is -0.802. The summed E-state index contributed by atoms with van der Waals surface area (Å²) >= 11 is 0. The van der Waals surface area contributed by atoms with Crippen molar-refractivity contribution in [3.63, 3.8) is 0 Å². The molecule has 0 spiro atoms. The molecule has 5 N–H and O–H groups in total. The van der Waals surface area contributed by atoms with Crippen molar-refractivity contribution in [3.8, 4) is 0 Å². The molecule has 1 saturated heterocycles. The van der Waals surface area contributed by atoms with Gasteiger partial charge in [-0.15, -0.1) is 0 Å². The molecule has 0 radical (unpaired) electrons. The van der Waals surface area contributed by atoms with E-state index in [0.29, 0.717) is 19.0 Å². The molecule has 6 nitrogen and oxygen atoms in total. The van der Waals surface area contributed by atoms with Crippen molar-refractivity contribution in [2.75, 3.05) is 13.1 Å². The Bertz CT molecular complexity index is 277. The van der Waals surface area contributed by atoms with Crippen LogP contribution in [0.5, 0.6) is 0 Å². The third kappa shape index (κ3) is 5.35. The molecule has 1 aliphatic heterocycles. The number of rotatable bonds is 7. The first-order valence-corrected chi connectivity index (χ1v) is 6.70. The predicted molar refractivity (Wildman–Crippen MR) is 70.1 cm³/mol. The van der Waals surface area contributed by atoms with Gasteiger partial charge >= 0.3 is 6.03 Å². The van der Waals surface area contributed by atoms with Gasteiger partial charge in [-0.05, 0) is 25.8 Å². The van der Waals surface area contributed by atoms with Crippen LogP contribution in [0.25, 0.3) is 0 Å². The van der Waals surface area contributed by atoms with Crippen molar-refractivity contribution in [2.45, 2.75) is 51.1 Å². The number of unbranched alkanes of at least 4 members (excludes halogenated alkanes) is 1. The molecule has 1 rings (SSSR count). The van der Waals surface area contributed by atoms with E-state index in [4.69, 9.17) is 5.73 Å². The third-order valence-corrected chi connectivity index (χ3v) is 3.16.